The summed E-state index contributed by atoms with van der Waals surface area (Å²) >= 11 is 0. The lowest BCUT2D eigenvalue weighted by Crippen LogP contribution is -2.69. The number of nitrogens with two attached hydrogens (primary N) is 1. The summed E-state index contributed by atoms with van der Waals surface area (Å²) in [7, 11) is -4.96. The number of hydrogen-bond donors (Lipinski definition) is 3. The summed E-state index contributed by atoms with van der Waals surface area (Å²) in [4.78, 5) is 24.0. The van der Waals surface area contributed by atoms with E-state index in [0.29, 0.717) is 0 Å². The SMILES string of the molecule is Nc1ccc(S(=O)(=O)NC2(C(F)(F)F)NC(=O)N(c3ccccc3F)C2=O)cc1. The molecular weight excluding hydrogens is 420 g/mol. The van der Waals surface area contributed by atoms with Crippen LogP contribution in [0.4, 0.5) is 33.7 Å². The van der Waals surface area contributed by atoms with Gasteiger partial charge in [-0.3, -0.25) is 4.79 Å². The highest BCUT2D eigenvalue weighted by Crippen LogP contribution is 2.37. The van der Waals surface area contributed by atoms with Crippen molar-refractivity contribution in [3.05, 3.63) is 54.3 Å². The Kier molecular flexibility index (Phi) is 4.75. The van der Waals surface area contributed by atoms with Crippen molar-refractivity contribution in [1.82, 2.24) is 10.0 Å². The molecule has 1 fully saturated rings. The molecule has 1 atom stereocenters. The highest BCUT2D eigenvalue weighted by molar-refractivity contribution is 7.89. The number of amides is 3. The van der Waals surface area contributed by atoms with Gasteiger partial charge in [-0.25, -0.2) is 22.5 Å². The van der Waals surface area contributed by atoms with E-state index in [2.05, 4.69) is 0 Å². The largest absolute Gasteiger partial charge is 0.435 e. The van der Waals surface area contributed by atoms with Crippen LogP contribution in [0.2, 0.25) is 0 Å². The van der Waals surface area contributed by atoms with Crippen LogP contribution in [0.3, 0.4) is 0 Å². The van der Waals surface area contributed by atoms with Crippen molar-refractivity contribution in [2.24, 2.45) is 0 Å². The summed E-state index contributed by atoms with van der Waals surface area (Å²) in [6.45, 7) is 0. The van der Waals surface area contributed by atoms with Crippen LogP contribution in [-0.4, -0.2) is 32.2 Å². The fourth-order valence-corrected chi connectivity index (χ4v) is 3.88. The maximum absolute atomic E-state index is 14.0. The Morgan fingerprint density at radius 1 is 1.03 bits per heavy atom. The molecule has 2 aromatic carbocycles. The lowest BCUT2D eigenvalue weighted by molar-refractivity contribution is -0.194. The Bertz CT molecular complexity index is 1090. The molecule has 8 nitrogen and oxygen atoms in total. The molecule has 0 radical (unpaired) electrons. The first-order chi connectivity index (χ1) is 13.4. The number of para-hydroxylation sites is 1. The number of halogens is 4. The molecular formula is C16H12F4N4O4S. The van der Waals surface area contributed by atoms with E-state index in [0.717, 1.165) is 36.4 Å². The molecule has 0 bridgehead atoms. The second-order valence-corrected chi connectivity index (χ2v) is 7.63. The van der Waals surface area contributed by atoms with E-state index in [1.165, 1.54) is 22.2 Å². The van der Waals surface area contributed by atoms with E-state index < -0.39 is 50.2 Å². The number of nitrogens with zero attached hydrogens (tertiary/aromatic N) is 1. The standard InChI is InChI=1S/C16H12F4N4O4S/c17-11-3-1-2-4-12(11)24-13(25)15(16(18,19)20,22-14(24)26)23-29(27,28)10-7-5-9(21)6-8-10/h1-8,23H,21H2,(H,22,26). The second kappa shape index (κ2) is 6.70. The molecule has 0 aliphatic carbocycles. The summed E-state index contributed by atoms with van der Waals surface area (Å²) in [6, 6.07) is 6.51. The minimum absolute atomic E-state index is 0.117. The van der Waals surface area contributed by atoms with E-state index >= 15 is 0 Å². The summed E-state index contributed by atoms with van der Waals surface area (Å²) in [5.41, 5.74) is 0.756. The molecule has 1 heterocycles. The molecule has 1 unspecified atom stereocenters. The number of alkyl halides is 3. The number of sulfonamides is 1. The van der Waals surface area contributed by atoms with Crippen LogP contribution in [-0.2, 0) is 14.8 Å². The normalized spacial score (nSPS) is 20.1. The van der Waals surface area contributed by atoms with Crippen molar-refractivity contribution in [3.8, 4) is 0 Å². The Labute approximate surface area is 161 Å². The number of nitrogens with one attached hydrogen (secondary N) is 2. The number of hydrogen-bond acceptors (Lipinski definition) is 5. The van der Waals surface area contributed by atoms with Crippen molar-refractivity contribution < 1.29 is 35.6 Å². The number of anilines is 2. The van der Waals surface area contributed by atoms with Crippen LogP contribution >= 0.6 is 0 Å². The summed E-state index contributed by atoms with van der Waals surface area (Å²) in [5, 5.41) is 1.30. The monoisotopic (exact) mass is 432 g/mol. The van der Waals surface area contributed by atoms with Gasteiger partial charge < -0.3 is 11.1 Å². The molecule has 1 aliphatic heterocycles. The van der Waals surface area contributed by atoms with Crippen molar-refractivity contribution in [2.75, 3.05) is 10.6 Å². The van der Waals surface area contributed by atoms with Crippen LogP contribution in [0.15, 0.2) is 53.4 Å². The quantitative estimate of drug-likeness (QED) is 0.386. The molecule has 0 aromatic heterocycles. The highest BCUT2D eigenvalue weighted by Gasteiger charge is 2.70. The third kappa shape index (κ3) is 3.38. The predicted molar refractivity (Wildman–Crippen MR) is 92.4 cm³/mol. The molecule has 1 saturated heterocycles. The van der Waals surface area contributed by atoms with Gasteiger partial charge in [0.2, 0.25) is 10.0 Å². The Morgan fingerprint density at radius 2 is 1.62 bits per heavy atom. The highest BCUT2D eigenvalue weighted by atomic mass is 32.2. The maximum atomic E-state index is 14.0. The van der Waals surface area contributed by atoms with Crippen molar-refractivity contribution in [3.63, 3.8) is 0 Å². The third-order valence-corrected chi connectivity index (χ3v) is 5.49. The zero-order chi connectivity index (χ0) is 21.6. The van der Waals surface area contributed by atoms with Gasteiger partial charge in [-0.2, -0.15) is 17.9 Å². The fraction of sp³-hybridized carbons (Fsp3) is 0.125. The van der Waals surface area contributed by atoms with Crippen LogP contribution in [0.25, 0.3) is 0 Å². The van der Waals surface area contributed by atoms with Crippen LogP contribution in [0.1, 0.15) is 0 Å². The van der Waals surface area contributed by atoms with Gasteiger partial charge in [0.25, 0.3) is 11.6 Å². The minimum atomic E-state index is -5.60. The molecule has 29 heavy (non-hydrogen) atoms. The van der Waals surface area contributed by atoms with Crippen LogP contribution < -0.4 is 20.7 Å². The van der Waals surface area contributed by atoms with Crippen LogP contribution in [0.5, 0.6) is 0 Å². The van der Waals surface area contributed by atoms with Crippen molar-refractivity contribution >= 4 is 33.3 Å². The van der Waals surface area contributed by atoms with E-state index in [4.69, 9.17) is 5.73 Å². The van der Waals surface area contributed by atoms with Gasteiger partial charge in [-0.05, 0) is 36.4 Å². The van der Waals surface area contributed by atoms with Gasteiger partial charge in [0.1, 0.15) is 5.82 Å². The second-order valence-electron chi connectivity index (χ2n) is 5.94. The zero-order valence-corrected chi connectivity index (χ0v) is 15.0. The fourth-order valence-electron chi connectivity index (χ4n) is 2.61. The number of nitrogen functional groups attached to an aromatic ring is 1. The summed E-state index contributed by atoms with van der Waals surface area (Å²) in [6.07, 6.45) is -5.60. The molecule has 0 spiro atoms. The van der Waals surface area contributed by atoms with Gasteiger partial charge in [0.05, 0.1) is 10.6 Å². The van der Waals surface area contributed by atoms with E-state index in [-0.39, 0.29) is 10.6 Å². The maximum Gasteiger partial charge on any atom is 0.435 e. The molecule has 3 amide bonds. The Morgan fingerprint density at radius 3 is 2.17 bits per heavy atom. The lowest BCUT2D eigenvalue weighted by Gasteiger charge is -2.29. The van der Waals surface area contributed by atoms with Gasteiger partial charge in [0.15, 0.2) is 0 Å². The molecule has 4 N–H and O–H groups in total. The molecule has 3 rings (SSSR count). The van der Waals surface area contributed by atoms with Crippen LogP contribution in [0, 0.1) is 5.82 Å². The van der Waals surface area contributed by atoms with E-state index in [1.807, 2.05) is 0 Å². The number of rotatable bonds is 4. The zero-order valence-electron chi connectivity index (χ0n) is 14.2. The number of carbonyl (C=O) groups excluding carboxylic acids is 2. The van der Waals surface area contributed by atoms with Gasteiger partial charge >= 0.3 is 12.2 Å². The van der Waals surface area contributed by atoms with Crippen molar-refractivity contribution in [1.29, 1.82) is 0 Å². The molecule has 2 aromatic rings. The minimum Gasteiger partial charge on any atom is -0.399 e. The molecule has 154 valence electrons. The third-order valence-electron chi connectivity index (χ3n) is 4.02. The number of carbonyl (C=O) groups is 2. The number of urea groups is 1. The predicted octanol–water partition coefficient (Wildman–Crippen LogP) is 1.70. The first-order valence-electron chi connectivity index (χ1n) is 7.76. The smallest absolute Gasteiger partial charge is 0.399 e. The molecule has 0 saturated carbocycles. The topological polar surface area (TPSA) is 122 Å². The lowest BCUT2D eigenvalue weighted by atomic mass is 10.1. The Hall–Kier alpha value is -3.19. The van der Waals surface area contributed by atoms with E-state index in [1.54, 1.807) is 0 Å². The molecule has 13 heteroatoms. The number of imide groups is 1. The summed E-state index contributed by atoms with van der Waals surface area (Å²) < 4.78 is 81.6. The van der Waals surface area contributed by atoms with Gasteiger partial charge in [-0.1, -0.05) is 12.1 Å². The Balaban J connectivity index is 2.09. The summed E-state index contributed by atoms with van der Waals surface area (Å²) in [5.74, 6) is -3.21. The average Bonchev–Trinajstić information content (AvgIpc) is 2.86. The van der Waals surface area contributed by atoms with Gasteiger partial charge in [0, 0.05) is 5.69 Å². The first kappa shape index (κ1) is 20.5. The van der Waals surface area contributed by atoms with E-state index in [9.17, 15) is 35.6 Å². The first-order valence-corrected chi connectivity index (χ1v) is 9.25. The van der Waals surface area contributed by atoms with Crippen molar-refractivity contribution in [2.45, 2.75) is 16.7 Å². The molecule has 1 aliphatic rings. The van der Waals surface area contributed by atoms with Gasteiger partial charge in [-0.15, -0.1) is 0 Å². The average molecular weight is 432 g/mol. The number of benzene rings is 2.